The zero-order valence-corrected chi connectivity index (χ0v) is 12.4. The molecule has 0 radical (unpaired) electrons. The Balaban J connectivity index is 2.04. The third-order valence-corrected chi connectivity index (χ3v) is 4.19. The van der Waals surface area contributed by atoms with Gasteiger partial charge in [0.1, 0.15) is 0 Å². The van der Waals surface area contributed by atoms with E-state index in [1.807, 2.05) is 24.3 Å². The van der Waals surface area contributed by atoms with Gasteiger partial charge in [-0.25, -0.2) is 0 Å². The van der Waals surface area contributed by atoms with Gasteiger partial charge in [0.2, 0.25) is 0 Å². The van der Waals surface area contributed by atoms with Crippen LogP contribution in [0.25, 0.3) is 0 Å². The van der Waals surface area contributed by atoms with Crippen molar-refractivity contribution >= 4 is 16.3 Å². The summed E-state index contributed by atoms with van der Waals surface area (Å²) in [7, 11) is 0. The normalized spacial score (nSPS) is 12.6. The van der Waals surface area contributed by atoms with Crippen molar-refractivity contribution in [3.8, 4) is 0 Å². The van der Waals surface area contributed by atoms with Crippen LogP contribution < -0.4 is 5.32 Å². The van der Waals surface area contributed by atoms with E-state index in [1.54, 1.807) is 6.07 Å². The number of nitrogens with zero attached hydrogens (tertiary/aromatic N) is 1. The van der Waals surface area contributed by atoms with Crippen molar-refractivity contribution in [2.75, 3.05) is 0 Å². The highest BCUT2D eigenvalue weighted by atomic mass is 32.1. The minimum atomic E-state index is -0.342. The average molecular weight is 290 g/mol. The average Bonchev–Trinajstić information content (AvgIpc) is 2.89. The Morgan fingerprint density at radius 1 is 1.20 bits per heavy atom. The van der Waals surface area contributed by atoms with Crippen LogP contribution in [0.5, 0.6) is 0 Å². The van der Waals surface area contributed by atoms with Crippen LogP contribution >= 0.6 is 11.3 Å². The highest BCUT2D eigenvalue weighted by molar-refractivity contribution is 7.15. The first kappa shape index (κ1) is 14.7. The molecule has 20 heavy (non-hydrogen) atoms. The number of rotatable bonds is 6. The van der Waals surface area contributed by atoms with Crippen LogP contribution in [-0.2, 0) is 6.54 Å². The summed E-state index contributed by atoms with van der Waals surface area (Å²) in [5.41, 5.74) is 1.24. The summed E-state index contributed by atoms with van der Waals surface area (Å²) in [5, 5.41) is 14.4. The topological polar surface area (TPSA) is 55.2 Å². The van der Waals surface area contributed by atoms with Crippen LogP contribution in [-0.4, -0.2) is 4.92 Å². The number of nitro groups is 1. The second-order valence-corrected chi connectivity index (χ2v) is 6.16. The lowest BCUT2D eigenvalue weighted by molar-refractivity contribution is -0.380. The van der Waals surface area contributed by atoms with Gasteiger partial charge >= 0.3 is 5.00 Å². The smallest absolute Gasteiger partial charge is 0.305 e. The summed E-state index contributed by atoms with van der Waals surface area (Å²) in [4.78, 5) is 11.3. The third kappa shape index (κ3) is 3.65. The first-order valence-electron chi connectivity index (χ1n) is 6.59. The highest BCUT2D eigenvalue weighted by Crippen LogP contribution is 2.26. The summed E-state index contributed by atoms with van der Waals surface area (Å²) in [5.74, 6) is 0.451. The Labute approximate surface area is 122 Å². The minimum absolute atomic E-state index is 0.197. The van der Waals surface area contributed by atoms with Crippen molar-refractivity contribution in [3.05, 3.63) is 63.0 Å². The number of thiophene rings is 1. The van der Waals surface area contributed by atoms with E-state index in [2.05, 4.69) is 31.3 Å². The predicted octanol–water partition coefficient (Wildman–Crippen LogP) is 4.14. The molecule has 1 N–H and O–H groups in total. The molecule has 106 valence electrons. The van der Waals surface area contributed by atoms with Crippen LogP contribution in [0.15, 0.2) is 42.5 Å². The standard InChI is InChI=1S/C15H18N2O2S/c1-11(2)15(12-6-4-3-5-7-12)16-10-13-8-9-14(20-13)17(18)19/h3-9,11,15-16H,10H2,1-2H3. The van der Waals surface area contributed by atoms with E-state index >= 15 is 0 Å². The molecule has 2 aromatic rings. The fraction of sp³-hybridized carbons (Fsp3) is 0.333. The quantitative estimate of drug-likeness (QED) is 0.642. The van der Waals surface area contributed by atoms with E-state index in [1.165, 1.54) is 16.9 Å². The molecule has 4 nitrogen and oxygen atoms in total. The molecular weight excluding hydrogens is 272 g/mol. The van der Waals surface area contributed by atoms with Crippen molar-refractivity contribution in [2.24, 2.45) is 5.92 Å². The summed E-state index contributed by atoms with van der Waals surface area (Å²) in [6.07, 6.45) is 0. The maximum atomic E-state index is 10.7. The summed E-state index contributed by atoms with van der Waals surface area (Å²) < 4.78 is 0. The molecule has 0 aliphatic rings. The van der Waals surface area contributed by atoms with Gasteiger partial charge in [0, 0.05) is 23.5 Å². The van der Waals surface area contributed by atoms with Crippen LogP contribution in [0, 0.1) is 16.0 Å². The van der Waals surface area contributed by atoms with Gasteiger partial charge in [-0.1, -0.05) is 55.5 Å². The molecule has 1 heterocycles. The molecular formula is C15H18N2O2S. The summed E-state index contributed by atoms with van der Waals surface area (Å²) >= 11 is 1.23. The first-order chi connectivity index (χ1) is 9.58. The molecule has 1 unspecified atom stereocenters. The van der Waals surface area contributed by atoms with Crippen molar-refractivity contribution < 1.29 is 4.92 Å². The summed E-state index contributed by atoms with van der Waals surface area (Å²) in [6.45, 7) is 4.99. The Bertz CT molecular complexity index is 566. The molecule has 0 aliphatic heterocycles. The number of hydrogen-bond acceptors (Lipinski definition) is 4. The Morgan fingerprint density at radius 3 is 2.45 bits per heavy atom. The highest BCUT2D eigenvalue weighted by Gasteiger charge is 2.16. The van der Waals surface area contributed by atoms with Crippen LogP contribution in [0.1, 0.15) is 30.3 Å². The second-order valence-electron chi connectivity index (χ2n) is 5.01. The van der Waals surface area contributed by atoms with Crippen molar-refractivity contribution in [3.63, 3.8) is 0 Å². The Hall–Kier alpha value is -1.72. The molecule has 2 rings (SSSR count). The molecule has 0 saturated carbocycles. The van der Waals surface area contributed by atoms with Crippen LogP contribution in [0.2, 0.25) is 0 Å². The molecule has 0 fully saturated rings. The third-order valence-electron chi connectivity index (χ3n) is 3.15. The van der Waals surface area contributed by atoms with Gasteiger partial charge in [-0.15, -0.1) is 0 Å². The second kappa shape index (κ2) is 6.63. The lowest BCUT2D eigenvalue weighted by Gasteiger charge is -2.22. The van der Waals surface area contributed by atoms with Crippen molar-refractivity contribution in [2.45, 2.75) is 26.4 Å². The molecule has 0 amide bonds. The maximum Gasteiger partial charge on any atom is 0.324 e. The molecule has 0 saturated heterocycles. The van der Waals surface area contributed by atoms with Gasteiger partial charge in [0.25, 0.3) is 0 Å². The Kier molecular flexibility index (Phi) is 4.87. The van der Waals surface area contributed by atoms with Gasteiger partial charge in [-0.05, 0) is 17.5 Å². The monoisotopic (exact) mass is 290 g/mol. The van der Waals surface area contributed by atoms with Gasteiger partial charge in [-0.2, -0.15) is 0 Å². The molecule has 1 aromatic heterocycles. The van der Waals surface area contributed by atoms with Gasteiger partial charge in [0.05, 0.1) is 4.92 Å². The Morgan fingerprint density at radius 2 is 1.90 bits per heavy atom. The SMILES string of the molecule is CC(C)C(NCc1ccc([N+](=O)[O-])s1)c1ccccc1. The van der Waals surface area contributed by atoms with E-state index in [0.29, 0.717) is 12.5 Å². The molecule has 0 aliphatic carbocycles. The fourth-order valence-corrected chi connectivity index (χ4v) is 2.94. The molecule has 0 bridgehead atoms. The van der Waals surface area contributed by atoms with E-state index in [4.69, 9.17) is 0 Å². The van der Waals surface area contributed by atoms with Gasteiger partial charge in [0.15, 0.2) is 0 Å². The fourth-order valence-electron chi connectivity index (χ4n) is 2.17. The molecule has 1 atom stereocenters. The van der Waals surface area contributed by atoms with Crippen LogP contribution in [0.4, 0.5) is 5.00 Å². The van der Waals surface area contributed by atoms with E-state index in [9.17, 15) is 10.1 Å². The first-order valence-corrected chi connectivity index (χ1v) is 7.41. The molecule has 5 heteroatoms. The minimum Gasteiger partial charge on any atom is -0.305 e. The lowest BCUT2D eigenvalue weighted by atomic mass is 9.96. The predicted molar refractivity (Wildman–Crippen MR) is 81.8 cm³/mol. The van der Waals surface area contributed by atoms with E-state index in [-0.39, 0.29) is 16.0 Å². The zero-order valence-electron chi connectivity index (χ0n) is 11.6. The maximum absolute atomic E-state index is 10.7. The number of benzene rings is 1. The van der Waals surface area contributed by atoms with E-state index < -0.39 is 0 Å². The molecule has 1 aromatic carbocycles. The van der Waals surface area contributed by atoms with Crippen LogP contribution in [0.3, 0.4) is 0 Å². The van der Waals surface area contributed by atoms with Crippen molar-refractivity contribution in [1.29, 1.82) is 0 Å². The lowest BCUT2D eigenvalue weighted by Crippen LogP contribution is -2.24. The van der Waals surface area contributed by atoms with Crippen molar-refractivity contribution in [1.82, 2.24) is 5.32 Å². The largest absolute Gasteiger partial charge is 0.324 e. The molecule has 0 spiro atoms. The zero-order chi connectivity index (χ0) is 14.5. The van der Waals surface area contributed by atoms with Gasteiger partial charge < -0.3 is 5.32 Å². The number of hydrogen-bond donors (Lipinski definition) is 1. The summed E-state index contributed by atoms with van der Waals surface area (Å²) in [6, 6.07) is 13.9. The van der Waals surface area contributed by atoms with Gasteiger partial charge in [-0.3, -0.25) is 10.1 Å². The number of nitrogens with one attached hydrogen (secondary N) is 1. The van der Waals surface area contributed by atoms with E-state index in [0.717, 1.165) is 4.88 Å².